The molecule has 0 aliphatic carbocycles. The number of hydrogen-bond acceptors (Lipinski definition) is 4. The van der Waals surface area contributed by atoms with Gasteiger partial charge < -0.3 is 14.6 Å². The largest absolute Gasteiger partial charge is 0.490 e. The van der Waals surface area contributed by atoms with E-state index < -0.39 is 11.8 Å². The van der Waals surface area contributed by atoms with E-state index in [-0.39, 0.29) is 11.7 Å². The Labute approximate surface area is 155 Å². The molecule has 6 heteroatoms. The number of aromatic nitrogens is 1. The maximum Gasteiger partial charge on any atom is 0.337 e. The molecule has 0 amide bonds. The highest BCUT2D eigenvalue weighted by molar-refractivity contribution is 6.04. The minimum absolute atomic E-state index is 0.0262. The summed E-state index contributed by atoms with van der Waals surface area (Å²) < 4.78 is 25.4. The molecule has 0 bridgehead atoms. The molecule has 0 saturated carbocycles. The van der Waals surface area contributed by atoms with Crippen LogP contribution in [0.4, 0.5) is 4.39 Å². The summed E-state index contributed by atoms with van der Waals surface area (Å²) in [6.07, 6.45) is 3.51. The van der Waals surface area contributed by atoms with Crippen LogP contribution in [0.3, 0.4) is 0 Å². The second kappa shape index (κ2) is 7.32. The summed E-state index contributed by atoms with van der Waals surface area (Å²) in [6.45, 7) is 1.10. The van der Waals surface area contributed by atoms with Crippen LogP contribution < -0.4 is 4.74 Å². The first-order valence-electron chi connectivity index (χ1n) is 8.78. The van der Waals surface area contributed by atoms with Gasteiger partial charge in [0.2, 0.25) is 0 Å². The van der Waals surface area contributed by atoms with E-state index in [1.165, 1.54) is 18.2 Å². The van der Waals surface area contributed by atoms with Crippen LogP contribution in [0.5, 0.6) is 5.75 Å². The lowest BCUT2D eigenvalue weighted by Crippen LogP contribution is -2.16. The number of pyridine rings is 1. The second-order valence-corrected chi connectivity index (χ2v) is 6.49. The molecule has 1 aliphatic heterocycles. The Morgan fingerprint density at radius 3 is 2.96 bits per heavy atom. The highest BCUT2D eigenvalue weighted by Gasteiger charge is 2.19. The molecule has 1 aliphatic rings. The lowest BCUT2D eigenvalue weighted by atomic mass is 9.98. The van der Waals surface area contributed by atoms with E-state index in [4.69, 9.17) is 9.47 Å². The van der Waals surface area contributed by atoms with Crippen molar-refractivity contribution in [3.05, 3.63) is 60.0 Å². The van der Waals surface area contributed by atoms with Gasteiger partial charge >= 0.3 is 5.97 Å². The molecule has 2 heterocycles. The lowest BCUT2D eigenvalue weighted by molar-refractivity contribution is 0.0681. The fourth-order valence-electron chi connectivity index (χ4n) is 3.32. The zero-order valence-electron chi connectivity index (χ0n) is 14.5. The molecule has 138 valence electrons. The van der Waals surface area contributed by atoms with Gasteiger partial charge in [-0.15, -0.1) is 0 Å². The topological polar surface area (TPSA) is 68.7 Å². The van der Waals surface area contributed by atoms with Crippen molar-refractivity contribution in [3.63, 3.8) is 0 Å². The van der Waals surface area contributed by atoms with E-state index in [2.05, 4.69) is 4.98 Å². The maximum atomic E-state index is 13.9. The van der Waals surface area contributed by atoms with Crippen LogP contribution in [-0.2, 0) is 4.74 Å². The first-order valence-corrected chi connectivity index (χ1v) is 8.78. The number of benzene rings is 2. The van der Waals surface area contributed by atoms with Crippen LogP contribution in [0.15, 0.2) is 48.7 Å². The fraction of sp³-hybridized carbons (Fsp3) is 0.238. The van der Waals surface area contributed by atoms with Gasteiger partial charge in [-0.2, -0.15) is 0 Å². The third-order valence-corrected chi connectivity index (χ3v) is 4.64. The van der Waals surface area contributed by atoms with E-state index in [0.717, 1.165) is 19.4 Å². The van der Waals surface area contributed by atoms with Crippen LogP contribution in [-0.4, -0.2) is 35.4 Å². The average molecular weight is 367 g/mol. The molecule has 3 aromatic rings. The lowest BCUT2D eigenvalue weighted by Gasteiger charge is -2.16. The van der Waals surface area contributed by atoms with E-state index in [1.54, 1.807) is 30.5 Å². The quantitative estimate of drug-likeness (QED) is 0.728. The second-order valence-electron chi connectivity index (χ2n) is 6.49. The van der Waals surface area contributed by atoms with Gasteiger partial charge in [0.05, 0.1) is 17.2 Å². The van der Waals surface area contributed by atoms with Gasteiger partial charge in [0.25, 0.3) is 0 Å². The molecule has 27 heavy (non-hydrogen) atoms. The van der Waals surface area contributed by atoms with E-state index in [1.807, 2.05) is 0 Å². The van der Waals surface area contributed by atoms with Gasteiger partial charge in [-0.3, -0.25) is 4.98 Å². The Balaban J connectivity index is 1.77. The van der Waals surface area contributed by atoms with Crippen molar-refractivity contribution in [2.24, 2.45) is 0 Å². The fourth-order valence-corrected chi connectivity index (χ4v) is 3.32. The van der Waals surface area contributed by atoms with Crippen LogP contribution in [0, 0.1) is 5.82 Å². The number of nitrogens with zero attached hydrogens (tertiary/aromatic N) is 1. The highest BCUT2D eigenvalue weighted by Crippen LogP contribution is 2.34. The zero-order chi connectivity index (χ0) is 18.8. The minimum atomic E-state index is -1.08. The Morgan fingerprint density at radius 1 is 1.30 bits per heavy atom. The summed E-state index contributed by atoms with van der Waals surface area (Å²) >= 11 is 0. The van der Waals surface area contributed by atoms with Gasteiger partial charge in [0.15, 0.2) is 0 Å². The first-order chi connectivity index (χ1) is 13.1. The molecular weight excluding hydrogens is 349 g/mol. The number of carboxylic acid groups (broad SMARTS) is 1. The van der Waals surface area contributed by atoms with Crippen molar-refractivity contribution in [2.45, 2.75) is 18.9 Å². The predicted molar refractivity (Wildman–Crippen MR) is 98.6 cm³/mol. The maximum absolute atomic E-state index is 13.9. The van der Waals surface area contributed by atoms with Crippen molar-refractivity contribution < 1.29 is 23.8 Å². The Kier molecular flexibility index (Phi) is 4.73. The molecule has 1 fully saturated rings. The molecule has 1 unspecified atom stereocenters. The molecule has 2 aromatic carbocycles. The average Bonchev–Trinajstić information content (AvgIpc) is 3.19. The SMILES string of the molecule is O=C(O)c1cc(-c2cc(F)ccc2OCC2CCCO2)cc2cccnc12. The van der Waals surface area contributed by atoms with Crippen LogP contribution in [0.1, 0.15) is 23.2 Å². The summed E-state index contributed by atoms with van der Waals surface area (Å²) in [4.78, 5) is 15.9. The number of hydrogen-bond donors (Lipinski definition) is 1. The summed E-state index contributed by atoms with van der Waals surface area (Å²) in [6, 6.07) is 11.1. The number of carbonyl (C=O) groups is 1. The molecule has 1 saturated heterocycles. The Hall–Kier alpha value is -2.99. The molecule has 5 nitrogen and oxygen atoms in total. The Bertz CT molecular complexity index is 999. The van der Waals surface area contributed by atoms with Gasteiger partial charge in [-0.25, -0.2) is 9.18 Å². The predicted octanol–water partition coefficient (Wildman–Crippen LogP) is 4.30. The van der Waals surface area contributed by atoms with Crippen molar-refractivity contribution in [2.75, 3.05) is 13.2 Å². The monoisotopic (exact) mass is 367 g/mol. The zero-order valence-corrected chi connectivity index (χ0v) is 14.5. The van der Waals surface area contributed by atoms with Gasteiger partial charge in [0, 0.05) is 23.8 Å². The van der Waals surface area contributed by atoms with Crippen LogP contribution in [0.25, 0.3) is 22.0 Å². The standard InChI is InChI=1S/C21H18FNO4/c22-15-5-6-19(27-12-16-4-2-8-26-16)17(11-15)14-9-13-3-1-7-23-20(13)18(10-14)21(24)25/h1,3,5-7,9-11,16H,2,4,8,12H2,(H,24,25). The first kappa shape index (κ1) is 17.4. The molecule has 1 N–H and O–H groups in total. The van der Waals surface area contributed by atoms with E-state index >= 15 is 0 Å². The van der Waals surface area contributed by atoms with Crippen LogP contribution in [0.2, 0.25) is 0 Å². The van der Waals surface area contributed by atoms with Crippen molar-refractivity contribution in [1.29, 1.82) is 0 Å². The molecule has 0 radical (unpaired) electrons. The molecule has 1 atom stereocenters. The highest BCUT2D eigenvalue weighted by atomic mass is 19.1. The number of halogens is 1. The third-order valence-electron chi connectivity index (χ3n) is 4.64. The summed E-state index contributed by atoms with van der Waals surface area (Å²) in [5.74, 6) is -1.01. The van der Waals surface area contributed by atoms with Gasteiger partial charge in [0.1, 0.15) is 18.2 Å². The number of rotatable bonds is 5. The number of fused-ring (bicyclic) bond motifs is 1. The van der Waals surface area contributed by atoms with Crippen molar-refractivity contribution in [3.8, 4) is 16.9 Å². The third kappa shape index (κ3) is 3.61. The summed E-state index contributed by atoms with van der Waals surface area (Å²) in [7, 11) is 0. The normalized spacial score (nSPS) is 16.6. The number of ether oxygens (including phenoxy) is 2. The number of carboxylic acids is 1. The number of aromatic carboxylic acids is 1. The van der Waals surface area contributed by atoms with Crippen molar-refractivity contribution >= 4 is 16.9 Å². The van der Waals surface area contributed by atoms with Gasteiger partial charge in [-0.1, -0.05) is 6.07 Å². The smallest absolute Gasteiger partial charge is 0.337 e. The van der Waals surface area contributed by atoms with Gasteiger partial charge in [-0.05, 0) is 54.8 Å². The van der Waals surface area contributed by atoms with E-state index in [9.17, 15) is 14.3 Å². The molecule has 4 rings (SSSR count). The van der Waals surface area contributed by atoms with Crippen LogP contribution >= 0.6 is 0 Å². The van der Waals surface area contributed by atoms with E-state index in [0.29, 0.717) is 34.4 Å². The Morgan fingerprint density at radius 2 is 2.19 bits per heavy atom. The molecule has 0 spiro atoms. The molecular formula is C21H18FNO4. The summed E-state index contributed by atoms with van der Waals surface area (Å²) in [5.41, 5.74) is 1.53. The van der Waals surface area contributed by atoms with Crippen molar-refractivity contribution in [1.82, 2.24) is 4.98 Å². The summed E-state index contributed by atoms with van der Waals surface area (Å²) in [5, 5.41) is 10.2. The molecule has 1 aromatic heterocycles. The minimum Gasteiger partial charge on any atom is -0.490 e.